The predicted octanol–water partition coefficient (Wildman–Crippen LogP) is 4.42. The largest absolute Gasteiger partial charge is 0.497 e. The van der Waals surface area contributed by atoms with Gasteiger partial charge in [-0.2, -0.15) is 0 Å². The average molecular weight is 387 g/mol. The van der Waals surface area contributed by atoms with Gasteiger partial charge in [-0.15, -0.1) is 0 Å². The first-order valence-electron chi connectivity index (χ1n) is 10.3. The van der Waals surface area contributed by atoms with Crippen molar-refractivity contribution in [1.29, 1.82) is 0 Å². The van der Waals surface area contributed by atoms with Crippen LogP contribution in [-0.4, -0.2) is 35.6 Å². The van der Waals surface area contributed by atoms with Crippen LogP contribution >= 0.6 is 0 Å². The Hall–Kier alpha value is -2.30. The summed E-state index contributed by atoms with van der Waals surface area (Å²) in [5, 5.41) is 0.945. The first-order valence-corrected chi connectivity index (χ1v) is 10.3. The fraction of sp³-hybridized carbons (Fsp3) is 0.565. The van der Waals surface area contributed by atoms with Crippen molar-refractivity contribution in [3.8, 4) is 5.75 Å². The lowest BCUT2D eigenvalue weighted by atomic mass is 10.0. The lowest BCUT2D eigenvalue weighted by molar-refractivity contribution is -0.132. The molecule has 0 atom stereocenters. The molecular formula is C23H34N2O3. The van der Waals surface area contributed by atoms with Crippen LogP contribution in [0.2, 0.25) is 0 Å². The highest BCUT2D eigenvalue weighted by atomic mass is 16.5. The molecule has 0 radical (unpaired) electrons. The van der Waals surface area contributed by atoms with Gasteiger partial charge in [-0.25, -0.2) is 0 Å². The van der Waals surface area contributed by atoms with Gasteiger partial charge in [0.05, 0.1) is 12.6 Å². The summed E-state index contributed by atoms with van der Waals surface area (Å²) in [6, 6.07) is 7.61. The van der Waals surface area contributed by atoms with Gasteiger partial charge in [0.2, 0.25) is 5.91 Å². The molecular weight excluding hydrogens is 352 g/mol. The normalized spacial score (nSPS) is 11.4. The lowest BCUT2D eigenvalue weighted by Gasteiger charge is -2.25. The van der Waals surface area contributed by atoms with Gasteiger partial charge >= 0.3 is 0 Å². The van der Waals surface area contributed by atoms with Crippen LogP contribution in [0.4, 0.5) is 0 Å². The molecule has 154 valence electrons. The molecule has 0 saturated heterocycles. The van der Waals surface area contributed by atoms with Gasteiger partial charge in [-0.3, -0.25) is 14.2 Å². The van der Waals surface area contributed by atoms with Crippen LogP contribution < -0.4 is 10.3 Å². The molecule has 0 unspecified atom stereocenters. The molecule has 1 heterocycles. The molecule has 5 nitrogen and oxygen atoms in total. The smallest absolute Gasteiger partial charge is 0.254 e. The molecule has 0 bridgehead atoms. The Labute approximate surface area is 168 Å². The first-order chi connectivity index (χ1) is 13.3. The lowest BCUT2D eigenvalue weighted by Crippen LogP contribution is -2.39. The molecule has 0 N–H and O–H groups in total. The Balaban J connectivity index is 2.51. The summed E-state index contributed by atoms with van der Waals surface area (Å²) in [7, 11) is 1.60. The van der Waals surface area contributed by atoms with E-state index >= 15 is 0 Å². The number of carbonyl (C=O) groups is 1. The number of methoxy groups -OCH3 is 1. The number of aromatic nitrogens is 1. The maximum atomic E-state index is 13.2. The van der Waals surface area contributed by atoms with E-state index in [9.17, 15) is 9.59 Å². The van der Waals surface area contributed by atoms with Crippen LogP contribution in [0.3, 0.4) is 0 Å². The maximum Gasteiger partial charge on any atom is 0.254 e. The quantitative estimate of drug-likeness (QED) is 0.641. The maximum absolute atomic E-state index is 13.2. The van der Waals surface area contributed by atoms with Crippen molar-refractivity contribution in [1.82, 2.24) is 9.47 Å². The summed E-state index contributed by atoms with van der Waals surface area (Å²) in [5.41, 5.74) is 1.38. The number of hydrogen-bond donors (Lipinski definition) is 0. The monoisotopic (exact) mass is 386 g/mol. The molecule has 0 aliphatic heterocycles. The summed E-state index contributed by atoms with van der Waals surface area (Å²) in [6.45, 7) is 11.8. The number of rotatable bonds is 9. The minimum Gasteiger partial charge on any atom is -0.497 e. The topological polar surface area (TPSA) is 51.5 Å². The van der Waals surface area contributed by atoms with Crippen molar-refractivity contribution in [2.24, 2.45) is 5.92 Å². The number of unbranched alkanes of at least 4 members (excludes halogenated alkanes) is 1. The molecule has 0 aliphatic carbocycles. The predicted molar refractivity (Wildman–Crippen MR) is 115 cm³/mol. The molecule has 1 aromatic carbocycles. The van der Waals surface area contributed by atoms with Gasteiger partial charge in [0.15, 0.2) is 0 Å². The molecule has 28 heavy (non-hydrogen) atoms. The average Bonchev–Trinajstić information content (AvgIpc) is 2.65. The molecule has 0 saturated carbocycles. The third kappa shape index (κ3) is 5.15. The van der Waals surface area contributed by atoms with Gasteiger partial charge in [0.25, 0.3) is 5.56 Å². The van der Waals surface area contributed by atoms with E-state index in [4.69, 9.17) is 4.74 Å². The molecule has 1 amide bonds. The Morgan fingerprint density at radius 2 is 1.89 bits per heavy atom. The Bertz CT molecular complexity index is 868. The summed E-state index contributed by atoms with van der Waals surface area (Å²) < 4.78 is 6.96. The zero-order chi connectivity index (χ0) is 20.8. The molecule has 2 rings (SSSR count). The molecule has 1 aromatic heterocycles. The number of amides is 1. The van der Waals surface area contributed by atoms with E-state index in [0.29, 0.717) is 18.2 Å². The fourth-order valence-electron chi connectivity index (χ4n) is 3.41. The van der Waals surface area contributed by atoms with Gasteiger partial charge in [0.1, 0.15) is 12.3 Å². The second kappa shape index (κ2) is 9.76. The van der Waals surface area contributed by atoms with Crippen LogP contribution in [0, 0.1) is 5.92 Å². The SMILES string of the molecule is CCCCN(CC(C)C)C(=O)Cn1c(=O)c(C(C)C)cc2ccc(OC)cc21. The molecule has 5 heteroatoms. The van der Waals surface area contributed by atoms with E-state index in [1.165, 1.54) is 0 Å². The summed E-state index contributed by atoms with van der Waals surface area (Å²) in [5.74, 6) is 1.15. The summed E-state index contributed by atoms with van der Waals surface area (Å²) in [4.78, 5) is 28.2. The zero-order valence-corrected chi connectivity index (χ0v) is 18.1. The van der Waals surface area contributed by atoms with Crippen molar-refractivity contribution >= 4 is 16.8 Å². The number of pyridine rings is 1. The van der Waals surface area contributed by atoms with Gasteiger partial charge in [0, 0.05) is 24.7 Å². The third-order valence-corrected chi connectivity index (χ3v) is 4.97. The van der Waals surface area contributed by atoms with Crippen LogP contribution in [0.15, 0.2) is 29.1 Å². The molecule has 0 spiro atoms. The fourth-order valence-corrected chi connectivity index (χ4v) is 3.41. The Morgan fingerprint density at radius 1 is 1.18 bits per heavy atom. The minimum atomic E-state index is -0.0934. The van der Waals surface area contributed by atoms with Crippen LogP contribution in [-0.2, 0) is 11.3 Å². The standard InChI is InChI=1S/C23H34N2O3/c1-7-8-11-24(14-16(2)3)22(26)15-25-21-13-19(28-6)10-9-18(21)12-20(17(4)5)23(25)27/h9-10,12-13,16-17H,7-8,11,14-15H2,1-6H3. The van der Waals surface area contributed by atoms with E-state index in [1.54, 1.807) is 11.7 Å². The minimum absolute atomic E-state index is 0.00530. The van der Waals surface area contributed by atoms with E-state index in [2.05, 4.69) is 20.8 Å². The van der Waals surface area contributed by atoms with Crippen LogP contribution in [0.5, 0.6) is 5.75 Å². The van der Waals surface area contributed by atoms with E-state index < -0.39 is 0 Å². The van der Waals surface area contributed by atoms with Crippen LogP contribution in [0.25, 0.3) is 10.9 Å². The van der Waals surface area contributed by atoms with E-state index in [1.807, 2.05) is 43.0 Å². The Morgan fingerprint density at radius 3 is 2.46 bits per heavy atom. The zero-order valence-electron chi connectivity index (χ0n) is 18.1. The third-order valence-electron chi connectivity index (χ3n) is 4.97. The highest BCUT2D eigenvalue weighted by Crippen LogP contribution is 2.23. The van der Waals surface area contributed by atoms with Crippen molar-refractivity contribution < 1.29 is 9.53 Å². The van der Waals surface area contributed by atoms with Crippen molar-refractivity contribution in [3.63, 3.8) is 0 Å². The Kier molecular flexibility index (Phi) is 7.67. The summed E-state index contributed by atoms with van der Waals surface area (Å²) >= 11 is 0. The molecule has 2 aromatic rings. The van der Waals surface area contributed by atoms with E-state index in [0.717, 1.165) is 35.9 Å². The number of hydrogen-bond acceptors (Lipinski definition) is 3. The second-order valence-electron chi connectivity index (χ2n) is 8.16. The number of nitrogens with zero attached hydrogens (tertiary/aromatic N) is 2. The highest BCUT2D eigenvalue weighted by molar-refractivity contribution is 5.84. The first kappa shape index (κ1) is 22.0. The van der Waals surface area contributed by atoms with Gasteiger partial charge in [-0.1, -0.05) is 41.0 Å². The van der Waals surface area contributed by atoms with E-state index in [-0.39, 0.29) is 23.9 Å². The number of carbonyl (C=O) groups excluding carboxylic acids is 1. The van der Waals surface area contributed by atoms with Crippen molar-refractivity contribution in [3.05, 3.63) is 40.2 Å². The number of benzene rings is 1. The van der Waals surface area contributed by atoms with Crippen LogP contribution in [0.1, 0.15) is 58.9 Å². The van der Waals surface area contributed by atoms with Crippen molar-refractivity contribution in [2.75, 3.05) is 20.2 Å². The summed E-state index contributed by atoms with van der Waals surface area (Å²) in [6.07, 6.45) is 2.00. The molecule has 0 aliphatic rings. The number of ether oxygens (including phenoxy) is 1. The van der Waals surface area contributed by atoms with Gasteiger partial charge < -0.3 is 9.64 Å². The highest BCUT2D eigenvalue weighted by Gasteiger charge is 2.19. The van der Waals surface area contributed by atoms with Gasteiger partial charge in [-0.05, 0) is 41.8 Å². The second-order valence-corrected chi connectivity index (χ2v) is 8.16. The molecule has 0 fully saturated rings. The number of fused-ring (bicyclic) bond motifs is 1. The van der Waals surface area contributed by atoms with Crippen molar-refractivity contribution in [2.45, 2.75) is 59.9 Å².